The van der Waals surface area contributed by atoms with Gasteiger partial charge in [0.15, 0.2) is 5.78 Å². The van der Waals surface area contributed by atoms with Crippen LogP contribution in [0.2, 0.25) is 0 Å². The van der Waals surface area contributed by atoms with E-state index in [0.717, 1.165) is 11.3 Å². The van der Waals surface area contributed by atoms with Crippen LogP contribution in [0.25, 0.3) is 0 Å². The van der Waals surface area contributed by atoms with E-state index in [1.165, 1.54) is 0 Å². The van der Waals surface area contributed by atoms with Gasteiger partial charge in [0, 0.05) is 5.56 Å². The topological polar surface area (TPSA) is 17.1 Å². The zero-order valence-corrected chi connectivity index (χ0v) is 9.51. The van der Waals surface area contributed by atoms with E-state index in [9.17, 15) is 4.79 Å². The van der Waals surface area contributed by atoms with Crippen molar-refractivity contribution in [1.29, 1.82) is 0 Å². The molecule has 0 aromatic heterocycles. The molecule has 0 saturated carbocycles. The number of rotatable bonds is 5. The normalized spacial score (nSPS) is 10.5. The van der Waals surface area contributed by atoms with E-state index in [1.807, 2.05) is 30.3 Å². The fourth-order valence-corrected chi connectivity index (χ4v) is 2.04. The molecule has 14 heavy (non-hydrogen) atoms. The van der Waals surface area contributed by atoms with Crippen molar-refractivity contribution in [2.24, 2.45) is 5.92 Å². The van der Waals surface area contributed by atoms with Crippen molar-refractivity contribution in [2.75, 3.05) is 11.5 Å². The molecule has 1 nitrogen and oxygen atoms in total. The SMILES string of the molecule is CC(C)CSCC(=O)c1ccccc1. The summed E-state index contributed by atoms with van der Waals surface area (Å²) in [6.45, 7) is 4.33. The first-order valence-corrected chi connectivity index (χ1v) is 6.01. The van der Waals surface area contributed by atoms with Crippen molar-refractivity contribution in [1.82, 2.24) is 0 Å². The summed E-state index contributed by atoms with van der Waals surface area (Å²) in [6, 6.07) is 9.48. The molecule has 0 N–H and O–H groups in total. The molecule has 0 unspecified atom stereocenters. The number of Topliss-reactive ketones (excluding diaryl/α,β-unsaturated/α-hetero) is 1. The van der Waals surface area contributed by atoms with E-state index in [0.29, 0.717) is 11.7 Å². The van der Waals surface area contributed by atoms with Gasteiger partial charge in [-0.1, -0.05) is 44.2 Å². The van der Waals surface area contributed by atoms with Gasteiger partial charge < -0.3 is 0 Å². The smallest absolute Gasteiger partial charge is 0.172 e. The third-order valence-corrected chi connectivity index (χ3v) is 3.15. The van der Waals surface area contributed by atoms with Crippen molar-refractivity contribution >= 4 is 17.5 Å². The first-order valence-electron chi connectivity index (χ1n) is 4.86. The van der Waals surface area contributed by atoms with Gasteiger partial charge in [-0.25, -0.2) is 0 Å². The largest absolute Gasteiger partial charge is 0.293 e. The fraction of sp³-hybridized carbons (Fsp3) is 0.417. The van der Waals surface area contributed by atoms with Gasteiger partial charge >= 0.3 is 0 Å². The first kappa shape index (κ1) is 11.3. The Morgan fingerprint density at radius 3 is 2.50 bits per heavy atom. The summed E-state index contributed by atoms with van der Waals surface area (Å²) in [5.41, 5.74) is 0.823. The van der Waals surface area contributed by atoms with E-state index in [-0.39, 0.29) is 5.78 Å². The summed E-state index contributed by atoms with van der Waals surface area (Å²) < 4.78 is 0. The predicted molar refractivity (Wildman–Crippen MR) is 62.9 cm³/mol. The van der Waals surface area contributed by atoms with Crippen molar-refractivity contribution in [3.63, 3.8) is 0 Å². The monoisotopic (exact) mass is 208 g/mol. The molecule has 0 aliphatic rings. The van der Waals surface area contributed by atoms with Crippen molar-refractivity contribution in [3.05, 3.63) is 35.9 Å². The van der Waals surface area contributed by atoms with Gasteiger partial charge in [-0.05, 0) is 11.7 Å². The highest BCUT2D eigenvalue weighted by Gasteiger charge is 2.04. The molecule has 0 heterocycles. The highest BCUT2D eigenvalue weighted by Crippen LogP contribution is 2.10. The van der Waals surface area contributed by atoms with Crippen molar-refractivity contribution in [2.45, 2.75) is 13.8 Å². The Hall–Kier alpha value is -0.760. The number of carbonyl (C=O) groups is 1. The van der Waals surface area contributed by atoms with Gasteiger partial charge in [0.25, 0.3) is 0 Å². The third kappa shape index (κ3) is 3.97. The molecule has 0 atom stereocenters. The molecule has 1 aromatic carbocycles. The van der Waals surface area contributed by atoms with Gasteiger partial charge in [0.1, 0.15) is 0 Å². The molecule has 0 saturated heterocycles. The fourth-order valence-electron chi connectivity index (χ4n) is 1.09. The molecule has 0 spiro atoms. The molecule has 0 amide bonds. The van der Waals surface area contributed by atoms with Crippen LogP contribution in [-0.2, 0) is 0 Å². The highest BCUT2D eigenvalue weighted by molar-refractivity contribution is 7.99. The Morgan fingerprint density at radius 2 is 1.93 bits per heavy atom. The molecule has 0 aliphatic carbocycles. The number of carbonyl (C=O) groups excluding carboxylic acids is 1. The van der Waals surface area contributed by atoms with Crippen molar-refractivity contribution in [3.8, 4) is 0 Å². The Balaban J connectivity index is 2.36. The summed E-state index contributed by atoms with van der Waals surface area (Å²) >= 11 is 1.71. The Morgan fingerprint density at radius 1 is 1.29 bits per heavy atom. The minimum atomic E-state index is 0.233. The quantitative estimate of drug-likeness (QED) is 0.691. The number of thioether (sulfide) groups is 1. The number of hydrogen-bond acceptors (Lipinski definition) is 2. The summed E-state index contributed by atoms with van der Waals surface area (Å²) in [7, 11) is 0. The lowest BCUT2D eigenvalue weighted by atomic mass is 10.2. The summed E-state index contributed by atoms with van der Waals surface area (Å²) in [5, 5.41) is 0. The van der Waals surface area contributed by atoms with Crippen LogP contribution in [0.5, 0.6) is 0 Å². The Kier molecular flexibility index (Phi) is 4.74. The third-order valence-electron chi connectivity index (χ3n) is 1.78. The zero-order valence-electron chi connectivity index (χ0n) is 8.69. The Labute approximate surface area is 89.9 Å². The lowest BCUT2D eigenvalue weighted by molar-refractivity contribution is 0.102. The maximum Gasteiger partial charge on any atom is 0.172 e. The van der Waals surface area contributed by atoms with Crippen LogP contribution in [0.3, 0.4) is 0 Å². The van der Waals surface area contributed by atoms with E-state index in [4.69, 9.17) is 0 Å². The molecule has 1 rings (SSSR count). The molecular formula is C12H16OS. The van der Waals surface area contributed by atoms with E-state index >= 15 is 0 Å². The number of benzene rings is 1. The zero-order chi connectivity index (χ0) is 10.4. The summed E-state index contributed by atoms with van der Waals surface area (Å²) in [6.07, 6.45) is 0. The standard InChI is InChI=1S/C12H16OS/c1-10(2)8-14-9-12(13)11-6-4-3-5-7-11/h3-7,10H,8-9H2,1-2H3. The molecule has 76 valence electrons. The van der Waals surface area contributed by atoms with Gasteiger partial charge in [-0.15, -0.1) is 0 Å². The van der Waals surface area contributed by atoms with Gasteiger partial charge in [-0.2, -0.15) is 11.8 Å². The summed E-state index contributed by atoms with van der Waals surface area (Å²) in [4.78, 5) is 11.6. The molecule has 0 bridgehead atoms. The molecule has 0 aliphatic heterocycles. The van der Waals surface area contributed by atoms with Crippen LogP contribution in [0.4, 0.5) is 0 Å². The molecular weight excluding hydrogens is 192 g/mol. The number of hydrogen-bond donors (Lipinski definition) is 0. The highest BCUT2D eigenvalue weighted by atomic mass is 32.2. The summed E-state index contributed by atoms with van der Waals surface area (Å²) in [5.74, 6) is 2.54. The maximum absolute atomic E-state index is 11.6. The molecule has 0 fully saturated rings. The lowest BCUT2D eigenvalue weighted by Gasteiger charge is -2.03. The van der Waals surface area contributed by atoms with Crippen molar-refractivity contribution < 1.29 is 4.79 Å². The van der Waals surface area contributed by atoms with Crippen LogP contribution < -0.4 is 0 Å². The van der Waals surface area contributed by atoms with Gasteiger partial charge in [0.2, 0.25) is 0 Å². The molecule has 0 radical (unpaired) electrons. The molecule has 1 aromatic rings. The van der Waals surface area contributed by atoms with Crippen LogP contribution >= 0.6 is 11.8 Å². The maximum atomic E-state index is 11.6. The second-order valence-corrected chi connectivity index (χ2v) is 4.73. The van der Waals surface area contributed by atoms with E-state index < -0.39 is 0 Å². The minimum Gasteiger partial charge on any atom is -0.293 e. The van der Waals surface area contributed by atoms with Crippen LogP contribution in [0.15, 0.2) is 30.3 Å². The average Bonchev–Trinajstić information content (AvgIpc) is 2.18. The second kappa shape index (κ2) is 5.86. The van der Waals surface area contributed by atoms with Gasteiger partial charge in [0.05, 0.1) is 5.75 Å². The number of ketones is 1. The van der Waals surface area contributed by atoms with E-state index in [1.54, 1.807) is 11.8 Å². The Bertz CT molecular complexity index is 280. The lowest BCUT2D eigenvalue weighted by Crippen LogP contribution is -2.04. The van der Waals surface area contributed by atoms with Crippen LogP contribution in [0.1, 0.15) is 24.2 Å². The minimum absolute atomic E-state index is 0.233. The van der Waals surface area contributed by atoms with E-state index in [2.05, 4.69) is 13.8 Å². The average molecular weight is 208 g/mol. The first-order chi connectivity index (χ1) is 6.70. The second-order valence-electron chi connectivity index (χ2n) is 3.70. The predicted octanol–water partition coefficient (Wildman–Crippen LogP) is 3.26. The van der Waals surface area contributed by atoms with Crippen LogP contribution in [-0.4, -0.2) is 17.3 Å². The van der Waals surface area contributed by atoms with Gasteiger partial charge in [-0.3, -0.25) is 4.79 Å². The molecule has 2 heteroatoms. The van der Waals surface area contributed by atoms with Crippen LogP contribution in [0, 0.1) is 5.92 Å².